The van der Waals surface area contributed by atoms with Crippen LogP contribution in [0, 0.1) is 6.92 Å². The molecule has 0 saturated carbocycles. The second-order valence-corrected chi connectivity index (χ2v) is 5.45. The fourth-order valence-corrected chi connectivity index (χ4v) is 2.27. The van der Waals surface area contributed by atoms with Crippen LogP contribution in [0.25, 0.3) is 0 Å². The molecule has 0 aliphatic heterocycles. The van der Waals surface area contributed by atoms with Gasteiger partial charge in [-0.2, -0.15) is 13.2 Å². The lowest BCUT2D eigenvalue weighted by Gasteiger charge is -2.11. The Balaban J connectivity index is 2.50. The number of hydrogen-bond acceptors (Lipinski definition) is 2. The van der Waals surface area contributed by atoms with Crippen LogP contribution in [-0.2, 0) is 6.18 Å². The number of nitrogen functional groups attached to an aromatic ring is 1. The van der Waals surface area contributed by atoms with Crippen molar-refractivity contribution in [3.63, 3.8) is 0 Å². The van der Waals surface area contributed by atoms with Crippen LogP contribution in [0.1, 0.15) is 27.0 Å². The first-order valence-electron chi connectivity index (χ1n) is 5.97. The molecule has 110 valence electrons. The Morgan fingerprint density at radius 3 is 2.38 bits per heavy atom. The van der Waals surface area contributed by atoms with Crippen molar-refractivity contribution in [1.29, 1.82) is 0 Å². The van der Waals surface area contributed by atoms with E-state index in [4.69, 9.17) is 5.73 Å². The zero-order chi connectivity index (χ0) is 15.8. The molecule has 2 nitrogen and oxygen atoms in total. The van der Waals surface area contributed by atoms with Gasteiger partial charge in [0, 0.05) is 21.3 Å². The number of benzene rings is 2. The summed E-state index contributed by atoms with van der Waals surface area (Å²) in [6.07, 6.45) is -4.49. The Bertz CT molecular complexity index is 711. The van der Waals surface area contributed by atoms with Gasteiger partial charge in [-0.1, -0.05) is 15.9 Å². The van der Waals surface area contributed by atoms with Crippen LogP contribution in [0.2, 0.25) is 0 Å². The maximum atomic E-state index is 12.7. The van der Waals surface area contributed by atoms with Gasteiger partial charge in [0.15, 0.2) is 5.78 Å². The third-order valence-corrected chi connectivity index (χ3v) is 3.76. The molecule has 0 aliphatic rings. The second-order valence-electron chi connectivity index (χ2n) is 4.59. The molecule has 0 aromatic heterocycles. The number of nitrogens with two attached hydrogens (primary N) is 1. The van der Waals surface area contributed by atoms with Gasteiger partial charge in [-0.05, 0) is 48.9 Å². The van der Waals surface area contributed by atoms with E-state index in [1.165, 1.54) is 12.1 Å². The molecule has 0 spiro atoms. The van der Waals surface area contributed by atoms with E-state index in [1.54, 1.807) is 19.1 Å². The standard InChI is InChI=1S/C15H11BrF3NO/c1-8-6-9(2-5-13(8)20)14(21)11-7-10(15(17,18)19)3-4-12(11)16/h2-7H,20H2,1H3. The maximum Gasteiger partial charge on any atom is 0.416 e. The van der Waals surface area contributed by atoms with Crippen molar-refractivity contribution in [3.8, 4) is 0 Å². The molecular formula is C15H11BrF3NO. The van der Waals surface area contributed by atoms with Gasteiger partial charge in [-0.15, -0.1) is 0 Å². The first-order chi connectivity index (χ1) is 9.70. The molecule has 0 saturated heterocycles. The van der Waals surface area contributed by atoms with Crippen LogP contribution in [0.15, 0.2) is 40.9 Å². The first kappa shape index (κ1) is 15.6. The minimum Gasteiger partial charge on any atom is -0.399 e. The molecule has 2 aromatic carbocycles. The highest BCUT2D eigenvalue weighted by Crippen LogP contribution is 2.32. The SMILES string of the molecule is Cc1cc(C(=O)c2cc(C(F)(F)F)ccc2Br)ccc1N. The van der Waals surface area contributed by atoms with Crippen molar-refractivity contribution in [2.45, 2.75) is 13.1 Å². The number of alkyl halides is 3. The van der Waals surface area contributed by atoms with Crippen LogP contribution in [0.3, 0.4) is 0 Å². The van der Waals surface area contributed by atoms with E-state index in [-0.39, 0.29) is 5.56 Å². The molecule has 0 unspecified atom stereocenters. The van der Waals surface area contributed by atoms with Crippen molar-refractivity contribution in [2.75, 3.05) is 5.73 Å². The minimum atomic E-state index is -4.49. The van der Waals surface area contributed by atoms with Gasteiger partial charge in [0.1, 0.15) is 0 Å². The summed E-state index contributed by atoms with van der Waals surface area (Å²) in [7, 11) is 0. The Morgan fingerprint density at radius 1 is 1.14 bits per heavy atom. The molecule has 2 N–H and O–H groups in total. The number of carbonyl (C=O) groups excluding carboxylic acids is 1. The molecule has 0 radical (unpaired) electrons. The largest absolute Gasteiger partial charge is 0.416 e. The molecule has 0 heterocycles. The number of aryl methyl sites for hydroxylation is 1. The van der Waals surface area contributed by atoms with E-state index >= 15 is 0 Å². The maximum absolute atomic E-state index is 12.7. The van der Waals surface area contributed by atoms with E-state index in [9.17, 15) is 18.0 Å². The fourth-order valence-electron chi connectivity index (χ4n) is 1.85. The zero-order valence-electron chi connectivity index (χ0n) is 11.0. The van der Waals surface area contributed by atoms with E-state index in [1.807, 2.05) is 0 Å². The lowest BCUT2D eigenvalue weighted by atomic mass is 9.99. The summed E-state index contributed by atoms with van der Waals surface area (Å²) in [6, 6.07) is 7.61. The van der Waals surface area contributed by atoms with Crippen molar-refractivity contribution in [3.05, 3.63) is 63.1 Å². The van der Waals surface area contributed by atoms with E-state index in [0.717, 1.165) is 12.1 Å². The van der Waals surface area contributed by atoms with E-state index < -0.39 is 17.5 Å². The van der Waals surface area contributed by atoms with Crippen LogP contribution < -0.4 is 5.73 Å². The Hall–Kier alpha value is -1.82. The lowest BCUT2D eigenvalue weighted by molar-refractivity contribution is -0.137. The first-order valence-corrected chi connectivity index (χ1v) is 6.77. The quantitative estimate of drug-likeness (QED) is 0.630. The predicted molar refractivity (Wildman–Crippen MR) is 78.2 cm³/mol. The van der Waals surface area contributed by atoms with Crippen LogP contribution in [0.5, 0.6) is 0 Å². The summed E-state index contributed by atoms with van der Waals surface area (Å²) in [5.41, 5.74) is 6.29. The number of rotatable bonds is 2. The van der Waals surface area contributed by atoms with Crippen molar-refractivity contribution in [1.82, 2.24) is 0 Å². The molecule has 0 amide bonds. The smallest absolute Gasteiger partial charge is 0.399 e. The number of hydrogen-bond donors (Lipinski definition) is 1. The molecule has 2 aromatic rings. The summed E-state index contributed by atoms with van der Waals surface area (Å²) in [5, 5.41) is 0. The molecule has 0 fully saturated rings. The summed E-state index contributed by atoms with van der Waals surface area (Å²) in [5.74, 6) is -0.490. The summed E-state index contributed by atoms with van der Waals surface area (Å²) >= 11 is 3.12. The van der Waals surface area contributed by atoms with Gasteiger partial charge in [-0.3, -0.25) is 4.79 Å². The normalized spacial score (nSPS) is 11.5. The Morgan fingerprint density at radius 2 is 1.81 bits per heavy atom. The van der Waals surface area contributed by atoms with Gasteiger partial charge in [0.05, 0.1) is 5.56 Å². The summed E-state index contributed by atoms with van der Waals surface area (Å²) < 4.78 is 38.5. The molecule has 6 heteroatoms. The van der Waals surface area contributed by atoms with Gasteiger partial charge >= 0.3 is 6.18 Å². The van der Waals surface area contributed by atoms with E-state index in [2.05, 4.69) is 15.9 Å². The highest BCUT2D eigenvalue weighted by molar-refractivity contribution is 9.10. The second kappa shape index (κ2) is 5.52. The Labute approximate surface area is 127 Å². The number of anilines is 1. The summed E-state index contributed by atoms with van der Waals surface area (Å²) in [4.78, 5) is 12.4. The number of ketones is 1. The minimum absolute atomic E-state index is 0.0333. The van der Waals surface area contributed by atoms with Crippen LogP contribution in [-0.4, -0.2) is 5.78 Å². The molecule has 2 rings (SSSR count). The molecule has 0 atom stereocenters. The lowest BCUT2D eigenvalue weighted by Crippen LogP contribution is -2.09. The van der Waals surface area contributed by atoms with Crippen LogP contribution >= 0.6 is 15.9 Å². The topological polar surface area (TPSA) is 43.1 Å². The molecular weight excluding hydrogens is 347 g/mol. The number of halogens is 4. The fraction of sp³-hybridized carbons (Fsp3) is 0.133. The third-order valence-electron chi connectivity index (χ3n) is 3.07. The third kappa shape index (κ3) is 3.26. The number of carbonyl (C=O) groups is 1. The van der Waals surface area contributed by atoms with Gasteiger partial charge in [0.25, 0.3) is 0 Å². The van der Waals surface area contributed by atoms with Crippen molar-refractivity contribution in [2.24, 2.45) is 0 Å². The van der Waals surface area contributed by atoms with Crippen molar-refractivity contribution >= 4 is 27.4 Å². The average molecular weight is 358 g/mol. The predicted octanol–water partition coefficient (Wildman–Crippen LogP) is 4.59. The molecule has 21 heavy (non-hydrogen) atoms. The molecule has 0 bridgehead atoms. The van der Waals surface area contributed by atoms with Crippen LogP contribution in [0.4, 0.5) is 18.9 Å². The van der Waals surface area contributed by atoms with Gasteiger partial charge in [-0.25, -0.2) is 0 Å². The Kier molecular flexibility index (Phi) is 4.09. The summed E-state index contributed by atoms with van der Waals surface area (Å²) in [6.45, 7) is 1.73. The monoisotopic (exact) mass is 357 g/mol. The highest BCUT2D eigenvalue weighted by Gasteiger charge is 2.31. The zero-order valence-corrected chi connectivity index (χ0v) is 12.5. The highest BCUT2D eigenvalue weighted by atomic mass is 79.9. The average Bonchev–Trinajstić information content (AvgIpc) is 2.40. The van der Waals surface area contributed by atoms with Gasteiger partial charge < -0.3 is 5.73 Å². The van der Waals surface area contributed by atoms with Gasteiger partial charge in [0.2, 0.25) is 0 Å². The molecule has 0 aliphatic carbocycles. The van der Waals surface area contributed by atoms with Crippen molar-refractivity contribution < 1.29 is 18.0 Å². The van der Waals surface area contributed by atoms with E-state index in [0.29, 0.717) is 21.3 Å².